The van der Waals surface area contributed by atoms with Gasteiger partial charge in [-0.25, -0.2) is 8.78 Å². The number of carbonyl (C=O) groups excluding carboxylic acids is 2. The lowest BCUT2D eigenvalue weighted by atomic mass is 10.1. The van der Waals surface area contributed by atoms with Crippen molar-refractivity contribution in [1.82, 2.24) is 10.6 Å². The van der Waals surface area contributed by atoms with Crippen LogP contribution in [0.4, 0.5) is 14.5 Å². The van der Waals surface area contributed by atoms with Crippen LogP contribution in [0.3, 0.4) is 0 Å². The van der Waals surface area contributed by atoms with E-state index in [2.05, 4.69) is 10.6 Å². The predicted octanol–water partition coefficient (Wildman–Crippen LogP) is 0.116. The van der Waals surface area contributed by atoms with Crippen molar-refractivity contribution >= 4 is 17.5 Å². The molecule has 0 heterocycles. The molecule has 0 unspecified atom stereocenters. The maximum absolute atomic E-state index is 13.3. The highest BCUT2D eigenvalue weighted by Crippen LogP contribution is 2.19. The average molecular weight is 272 g/mol. The van der Waals surface area contributed by atoms with Gasteiger partial charge in [-0.2, -0.15) is 0 Å². The van der Waals surface area contributed by atoms with E-state index in [-0.39, 0.29) is 12.1 Å². The van der Waals surface area contributed by atoms with E-state index < -0.39 is 29.1 Å². The average Bonchev–Trinajstić information content (AvgIpc) is 2.36. The lowest BCUT2D eigenvalue weighted by Gasteiger charge is -2.08. The fourth-order valence-electron chi connectivity index (χ4n) is 1.36. The SMILES string of the molecule is CCNC(=O)CNC(=O)c1cc(F)c(NN)c(F)c1. The van der Waals surface area contributed by atoms with Crippen molar-refractivity contribution in [3.63, 3.8) is 0 Å². The molecule has 6 nitrogen and oxygen atoms in total. The van der Waals surface area contributed by atoms with Gasteiger partial charge in [-0.1, -0.05) is 0 Å². The van der Waals surface area contributed by atoms with Crippen LogP contribution in [0.5, 0.6) is 0 Å². The molecule has 0 spiro atoms. The molecule has 0 aliphatic carbocycles. The third-order valence-corrected chi connectivity index (χ3v) is 2.23. The zero-order valence-corrected chi connectivity index (χ0v) is 10.2. The lowest BCUT2D eigenvalue weighted by Crippen LogP contribution is -2.36. The first-order valence-electron chi connectivity index (χ1n) is 5.50. The Morgan fingerprint density at radius 1 is 1.21 bits per heavy atom. The molecule has 0 atom stereocenters. The van der Waals surface area contributed by atoms with Crippen LogP contribution < -0.4 is 21.9 Å². The Kier molecular flexibility index (Phi) is 5.19. The van der Waals surface area contributed by atoms with Gasteiger partial charge in [0.25, 0.3) is 5.91 Å². The Balaban J connectivity index is 2.75. The molecule has 104 valence electrons. The summed E-state index contributed by atoms with van der Waals surface area (Å²) in [4.78, 5) is 22.7. The molecule has 5 N–H and O–H groups in total. The van der Waals surface area contributed by atoms with Crippen molar-refractivity contribution in [3.05, 3.63) is 29.3 Å². The summed E-state index contributed by atoms with van der Waals surface area (Å²) in [7, 11) is 0. The molecule has 1 aromatic carbocycles. The number of halogens is 2. The van der Waals surface area contributed by atoms with Gasteiger partial charge < -0.3 is 16.1 Å². The van der Waals surface area contributed by atoms with E-state index in [0.29, 0.717) is 6.54 Å². The number of hydrazine groups is 1. The number of hydrogen-bond donors (Lipinski definition) is 4. The van der Waals surface area contributed by atoms with Crippen molar-refractivity contribution in [2.75, 3.05) is 18.5 Å². The van der Waals surface area contributed by atoms with Gasteiger partial charge in [-0.3, -0.25) is 15.4 Å². The van der Waals surface area contributed by atoms with E-state index in [1.54, 1.807) is 6.92 Å². The van der Waals surface area contributed by atoms with Gasteiger partial charge in [-0.05, 0) is 19.1 Å². The minimum absolute atomic E-state index is 0.238. The number of anilines is 1. The van der Waals surface area contributed by atoms with Gasteiger partial charge in [0.2, 0.25) is 5.91 Å². The van der Waals surface area contributed by atoms with Crippen LogP contribution >= 0.6 is 0 Å². The third kappa shape index (κ3) is 3.88. The van der Waals surface area contributed by atoms with E-state index in [4.69, 9.17) is 5.84 Å². The molecule has 0 aliphatic rings. The van der Waals surface area contributed by atoms with Gasteiger partial charge >= 0.3 is 0 Å². The minimum Gasteiger partial charge on any atom is -0.355 e. The maximum atomic E-state index is 13.3. The van der Waals surface area contributed by atoms with E-state index >= 15 is 0 Å². The van der Waals surface area contributed by atoms with E-state index in [1.165, 1.54) is 0 Å². The molecule has 1 aromatic rings. The third-order valence-electron chi connectivity index (χ3n) is 2.23. The second kappa shape index (κ2) is 6.64. The Labute approximate surface area is 108 Å². The number of carbonyl (C=O) groups is 2. The highest BCUT2D eigenvalue weighted by molar-refractivity contribution is 5.96. The first-order chi connectivity index (χ1) is 8.99. The van der Waals surface area contributed by atoms with Gasteiger partial charge in [0, 0.05) is 12.1 Å². The van der Waals surface area contributed by atoms with Crippen LogP contribution in [0.2, 0.25) is 0 Å². The second-order valence-electron chi connectivity index (χ2n) is 3.60. The molecule has 2 amide bonds. The Hall–Kier alpha value is -2.22. The molecule has 0 aliphatic heterocycles. The van der Waals surface area contributed by atoms with Crippen molar-refractivity contribution in [3.8, 4) is 0 Å². The van der Waals surface area contributed by atoms with Crippen LogP contribution in [0, 0.1) is 11.6 Å². The monoisotopic (exact) mass is 272 g/mol. The number of nitrogens with two attached hydrogens (primary N) is 1. The van der Waals surface area contributed by atoms with Crippen molar-refractivity contribution in [2.24, 2.45) is 5.84 Å². The first-order valence-corrected chi connectivity index (χ1v) is 5.50. The summed E-state index contributed by atoms with van der Waals surface area (Å²) in [6.45, 7) is 1.88. The number of rotatable bonds is 5. The van der Waals surface area contributed by atoms with Gasteiger partial charge in [-0.15, -0.1) is 0 Å². The zero-order chi connectivity index (χ0) is 14.4. The van der Waals surface area contributed by atoms with Crippen LogP contribution in [0.1, 0.15) is 17.3 Å². The Bertz CT molecular complexity index is 471. The largest absolute Gasteiger partial charge is 0.355 e. The Morgan fingerprint density at radius 2 is 1.79 bits per heavy atom. The summed E-state index contributed by atoms with van der Waals surface area (Å²) >= 11 is 0. The van der Waals surface area contributed by atoms with Gasteiger partial charge in [0.1, 0.15) is 5.69 Å². The summed E-state index contributed by atoms with van der Waals surface area (Å²) in [6.07, 6.45) is 0. The number of nitrogens with one attached hydrogen (secondary N) is 3. The Morgan fingerprint density at radius 3 is 2.26 bits per heavy atom. The topological polar surface area (TPSA) is 96.2 Å². The van der Waals surface area contributed by atoms with E-state index in [1.807, 2.05) is 5.43 Å². The fourth-order valence-corrected chi connectivity index (χ4v) is 1.36. The van der Waals surface area contributed by atoms with Crippen molar-refractivity contribution < 1.29 is 18.4 Å². The number of likely N-dealkylation sites (N-methyl/N-ethyl adjacent to an activating group) is 1. The fraction of sp³-hybridized carbons (Fsp3) is 0.273. The molecule has 0 fully saturated rings. The summed E-state index contributed by atoms with van der Waals surface area (Å²) < 4.78 is 26.7. The normalized spacial score (nSPS) is 9.89. The molecule has 19 heavy (non-hydrogen) atoms. The van der Waals surface area contributed by atoms with E-state index in [9.17, 15) is 18.4 Å². The molecule has 8 heteroatoms. The molecule has 1 rings (SSSR count). The summed E-state index contributed by atoms with van der Waals surface area (Å²) in [5.41, 5.74) is 1.09. The predicted molar refractivity (Wildman–Crippen MR) is 65.2 cm³/mol. The molecule has 0 aromatic heterocycles. The minimum atomic E-state index is -0.995. The number of hydrogen-bond acceptors (Lipinski definition) is 4. The quantitative estimate of drug-likeness (QED) is 0.452. The van der Waals surface area contributed by atoms with Crippen LogP contribution in [-0.4, -0.2) is 24.9 Å². The number of benzene rings is 1. The first kappa shape index (κ1) is 14.8. The summed E-state index contributed by atoms with van der Waals surface area (Å²) in [5, 5.41) is 4.70. The van der Waals surface area contributed by atoms with Gasteiger partial charge in [0.15, 0.2) is 11.6 Å². The molecule has 0 saturated heterocycles. The lowest BCUT2D eigenvalue weighted by molar-refractivity contribution is -0.120. The van der Waals surface area contributed by atoms with Crippen molar-refractivity contribution in [1.29, 1.82) is 0 Å². The second-order valence-corrected chi connectivity index (χ2v) is 3.60. The van der Waals surface area contributed by atoms with Crippen LogP contribution in [0.15, 0.2) is 12.1 Å². The highest BCUT2D eigenvalue weighted by atomic mass is 19.1. The molecule has 0 saturated carbocycles. The van der Waals surface area contributed by atoms with E-state index in [0.717, 1.165) is 12.1 Å². The smallest absolute Gasteiger partial charge is 0.251 e. The number of amides is 2. The molecular formula is C11H14F2N4O2. The molecular weight excluding hydrogens is 258 g/mol. The van der Waals surface area contributed by atoms with Gasteiger partial charge in [0.05, 0.1) is 6.54 Å². The number of nitrogen functional groups attached to an aromatic ring is 1. The summed E-state index contributed by atoms with van der Waals surface area (Å²) in [6, 6.07) is 1.65. The zero-order valence-electron chi connectivity index (χ0n) is 10.2. The molecule has 0 radical (unpaired) electrons. The molecule has 0 bridgehead atoms. The van der Waals surface area contributed by atoms with Crippen LogP contribution in [-0.2, 0) is 4.79 Å². The maximum Gasteiger partial charge on any atom is 0.251 e. The van der Waals surface area contributed by atoms with Crippen molar-refractivity contribution in [2.45, 2.75) is 6.92 Å². The standard InChI is InChI=1S/C11H14F2N4O2/c1-2-15-9(18)5-16-11(19)6-3-7(12)10(17-14)8(13)4-6/h3-4,17H,2,5,14H2,1H3,(H,15,18)(H,16,19). The highest BCUT2D eigenvalue weighted by Gasteiger charge is 2.15. The summed E-state index contributed by atoms with van der Waals surface area (Å²) in [5.74, 6) is 1.79. The van der Waals surface area contributed by atoms with Crippen LogP contribution in [0.25, 0.3) is 0 Å².